The van der Waals surface area contributed by atoms with Crippen molar-refractivity contribution >= 4 is 18.2 Å². The molecule has 0 aliphatic heterocycles. The number of hydrogen-bond acceptors (Lipinski definition) is 4. The third kappa shape index (κ3) is 9.53. The van der Waals surface area contributed by atoms with Crippen LogP contribution in [-0.4, -0.2) is 61.6 Å². The number of esters is 1. The van der Waals surface area contributed by atoms with Crippen LogP contribution in [0.15, 0.2) is 12.2 Å². The molecular weight excluding hydrogens is 238 g/mol. The van der Waals surface area contributed by atoms with Crippen LogP contribution in [0.25, 0.3) is 0 Å². The molecular formula is C12H20NO5+. The number of carbonyl (C=O) groups is 3. The first-order valence-corrected chi connectivity index (χ1v) is 5.57. The Kier molecular flexibility index (Phi) is 6.89. The van der Waals surface area contributed by atoms with E-state index in [2.05, 4.69) is 0 Å². The summed E-state index contributed by atoms with van der Waals surface area (Å²) in [5.74, 6) is -1.64. The normalized spacial score (nSPS) is 13.3. The Morgan fingerprint density at radius 2 is 1.94 bits per heavy atom. The molecule has 18 heavy (non-hydrogen) atoms. The van der Waals surface area contributed by atoms with E-state index in [1.54, 1.807) is 0 Å². The zero-order chi connectivity index (χ0) is 14.2. The maximum Gasteiger partial charge on any atom is 0.330 e. The molecule has 1 unspecified atom stereocenters. The maximum absolute atomic E-state index is 11.4. The summed E-state index contributed by atoms with van der Waals surface area (Å²) in [5.41, 5.74) is 0. The summed E-state index contributed by atoms with van der Waals surface area (Å²) in [6.07, 6.45) is 2.38. The highest BCUT2D eigenvalue weighted by Crippen LogP contribution is 2.05. The van der Waals surface area contributed by atoms with E-state index in [0.717, 1.165) is 6.08 Å². The summed E-state index contributed by atoms with van der Waals surface area (Å²) in [6, 6.07) is 0. The third-order valence-corrected chi connectivity index (χ3v) is 1.92. The summed E-state index contributed by atoms with van der Waals surface area (Å²) < 4.78 is 5.54. The summed E-state index contributed by atoms with van der Waals surface area (Å²) in [5, 5.41) is 8.75. The number of hydrogen-bond donors (Lipinski definition) is 1. The Hall–Kier alpha value is -1.69. The van der Waals surface area contributed by atoms with Gasteiger partial charge in [0.05, 0.1) is 27.6 Å². The third-order valence-electron chi connectivity index (χ3n) is 1.92. The minimum Gasteiger partial charge on any atom is -0.481 e. The van der Waals surface area contributed by atoms with Gasteiger partial charge in [-0.1, -0.05) is 6.08 Å². The first-order chi connectivity index (χ1) is 8.24. The topological polar surface area (TPSA) is 80.7 Å². The Morgan fingerprint density at radius 1 is 1.33 bits per heavy atom. The van der Waals surface area contributed by atoms with Crippen LogP contribution in [0, 0.1) is 0 Å². The van der Waals surface area contributed by atoms with Crippen molar-refractivity contribution in [1.82, 2.24) is 0 Å². The fourth-order valence-electron chi connectivity index (χ4n) is 1.37. The van der Waals surface area contributed by atoms with Gasteiger partial charge in [0, 0.05) is 12.5 Å². The van der Waals surface area contributed by atoms with Crippen LogP contribution in [0.5, 0.6) is 0 Å². The summed E-state index contributed by atoms with van der Waals surface area (Å²) in [6.45, 7) is 0.402. The predicted octanol–water partition coefficient (Wildman–Crippen LogP) is 0.224. The monoisotopic (exact) mass is 258 g/mol. The number of allylic oxidation sites excluding steroid dienone is 1. The molecule has 1 atom stereocenters. The molecule has 6 nitrogen and oxygen atoms in total. The standard InChI is InChI=1S/C12H19NO5/c1-13(2,3)9-10(8-11(15)16)18-12(17)6-4-5-7-14/h4,6-7,10H,5,8-9H2,1-3H3/p+1. The molecule has 0 saturated carbocycles. The van der Waals surface area contributed by atoms with E-state index >= 15 is 0 Å². The van der Waals surface area contributed by atoms with Gasteiger partial charge in [0.25, 0.3) is 0 Å². The average molecular weight is 258 g/mol. The van der Waals surface area contributed by atoms with Crippen molar-refractivity contribution in [2.75, 3.05) is 27.7 Å². The maximum atomic E-state index is 11.4. The molecule has 0 spiro atoms. The molecule has 0 amide bonds. The van der Waals surface area contributed by atoms with E-state index < -0.39 is 18.0 Å². The number of nitrogens with zero attached hydrogens (tertiary/aromatic N) is 1. The van der Waals surface area contributed by atoms with E-state index in [-0.39, 0.29) is 12.8 Å². The van der Waals surface area contributed by atoms with Gasteiger partial charge in [-0.2, -0.15) is 0 Å². The van der Waals surface area contributed by atoms with Crippen LogP contribution in [-0.2, 0) is 19.1 Å². The number of quaternary nitrogens is 1. The Bertz CT molecular complexity index is 330. The molecule has 1 N–H and O–H groups in total. The van der Waals surface area contributed by atoms with E-state index in [4.69, 9.17) is 9.84 Å². The molecule has 0 aliphatic carbocycles. The largest absolute Gasteiger partial charge is 0.481 e. The van der Waals surface area contributed by atoms with Gasteiger partial charge in [0.1, 0.15) is 12.8 Å². The van der Waals surface area contributed by atoms with Crippen molar-refractivity contribution in [2.24, 2.45) is 0 Å². The van der Waals surface area contributed by atoms with Crippen molar-refractivity contribution in [3.63, 3.8) is 0 Å². The molecule has 0 aromatic carbocycles. The highest BCUT2D eigenvalue weighted by molar-refractivity contribution is 5.82. The number of carboxylic acid groups (broad SMARTS) is 1. The number of likely N-dealkylation sites (N-methyl/N-ethyl adjacent to an activating group) is 1. The van der Waals surface area contributed by atoms with Gasteiger partial charge in [-0.05, 0) is 0 Å². The van der Waals surface area contributed by atoms with E-state index in [0.29, 0.717) is 17.3 Å². The van der Waals surface area contributed by atoms with Gasteiger partial charge < -0.3 is 19.1 Å². The first-order valence-electron chi connectivity index (χ1n) is 5.57. The second-order valence-corrected chi connectivity index (χ2v) is 4.93. The average Bonchev–Trinajstić information content (AvgIpc) is 2.13. The number of rotatable bonds is 8. The number of carboxylic acids is 1. The lowest BCUT2D eigenvalue weighted by Gasteiger charge is -2.28. The molecule has 0 bridgehead atoms. The minimum atomic E-state index is -1.02. The lowest BCUT2D eigenvalue weighted by atomic mass is 10.2. The molecule has 0 radical (unpaired) electrons. The van der Waals surface area contributed by atoms with Gasteiger partial charge in [-0.25, -0.2) is 4.79 Å². The zero-order valence-corrected chi connectivity index (χ0v) is 11.0. The number of aldehydes is 1. The van der Waals surface area contributed by atoms with Crippen LogP contribution in [0.1, 0.15) is 12.8 Å². The first kappa shape index (κ1) is 16.3. The Labute approximate surface area is 106 Å². The molecule has 0 heterocycles. The SMILES string of the molecule is C[N+](C)(C)CC(CC(=O)O)OC(=O)C=CCC=O. The van der Waals surface area contributed by atoms with Crippen LogP contribution in [0.4, 0.5) is 0 Å². The van der Waals surface area contributed by atoms with Gasteiger partial charge >= 0.3 is 11.9 Å². The smallest absolute Gasteiger partial charge is 0.330 e. The van der Waals surface area contributed by atoms with Crippen LogP contribution >= 0.6 is 0 Å². The lowest BCUT2D eigenvalue weighted by Crippen LogP contribution is -2.43. The predicted molar refractivity (Wildman–Crippen MR) is 64.9 cm³/mol. The summed E-state index contributed by atoms with van der Waals surface area (Å²) in [4.78, 5) is 32.1. The van der Waals surface area contributed by atoms with Crippen molar-refractivity contribution in [1.29, 1.82) is 0 Å². The molecule has 6 heteroatoms. The quantitative estimate of drug-likeness (QED) is 0.291. The summed E-state index contributed by atoms with van der Waals surface area (Å²) >= 11 is 0. The van der Waals surface area contributed by atoms with Crippen molar-refractivity contribution in [2.45, 2.75) is 18.9 Å². The van der Waals surface area contributed by atoms with Gasteiger partial charge in [0.2, 0.25) is 0 Å². The van der Waals surface area contributed by atoms with Gasteiger partial charge in [0.15, 0.2) is 6.10 Å². The highest BCUT2D eigenvalue weighted by atomic mass is 16.5. The number of ether oxygens (including phenoxy) is 1. The molecule has 102 valence electrons. The summed E-state index contributed by atoms with van der Waals surface area (Å²) in [7, 11) is 5.64. The fourth-order valence-corrected chi connectivity index (χ4v) is 1.37. The van der Waals surface area contributed by atoms with Crippen molar-refractivity contribution in [3.8, 4) is 0 Å². The molecule has 0 fully saturated rings. The Morgan fingerprint density at radius 3 is 2.39 bits per heavy atom. The Balaban J connectivity index is 4.44. The second kappa shape index (κ2) is 7.60. The molecule has 0 aromatic rings. The van der Waals surface area contributed by atoms with Crippen molar-refractivity contribution < 1.29 is 28.7 Å². The lowest BCUT2D eigenvalue weighted by molar-refractivity contribution is -0.873. The van der Waals surface area contributed by atoms with Crippen LogP contribution < -0.4 is 0 Å². The van der Waals surface area contributed by atoms with E-state index in [1.807, 2.05) is 21.1 Å². The van der Waals surface area contributed by atoms with E-state index in [1.165, 1.54) is 6.08 Å². The molecule has 0 aliphatic rings. The molecule has 0 rings (SSSR count). The van der Waals surface area contributed by atoms with E-state index in [9.17, 15) is 14.4 Å². The second-order valence-electron chi connectivity index (χ2n) is 4.93. The highest BCUT2D eigenvalue weighted by Gasteiger charge is 2.23. The van der Waals surface area contributed by atoms with Gasteiger partial charge in [-0.15, -0.1) is 0 Å². The number of aliphatic carboxylic acids is 1. The minimum absolute atomic E-state index is 0.133. The molecule has 0 saturated heterocycles. The number of carbonyl (C=O) groups excluding carboxylic acids is 2. The van der Waals surface area contributed by atoms with Crippen LogP contribution in [0.3, 0.4) is 0 Å². The van der Waals surface area contributed by atoms with Crippen molar-refractivity contribution in [3.05, 3.63) is 12.2 Å². The van der Waals surface area contributed by atoms with Crippen LogP contribution in [0.2, 0.25) is 0 Å². The zero-order valence-electron chi connectivity index (χ0n) is 11.0. The van der Waals surface area contributed by atoms with Gasteiger partial charge in [-0.3, -0.25) is 4.79 Å². The molecule has 0 aromatic heterocycles. The fraction of sp³-hybridized carbons (Fsp3) is 0.583.